The minimum absolute atomic E-state index is 0.0541. The molecule has 0 rings (SSSR count). The standard InChI is InChI=1S/C59H107N2O6P/c1-6-8-10-12-14-16-18-20-21-22-23-24-25-26-27-28-29-30-31-32-33-34-35-36-37-38-39-41-43-45-47-49-51-53-59(63)60-57(56-67-68(64,65)66-55-54-61(3,4)5)58(62)52-50-48-46-44-42-40-19-17-15-13-11-9-7-2/h8,10,14,16,20-21,23-24,26-27,42,44,50,52,57-58,62H,6-7,9,11-13,15,17-19,22,25,28-41,43,45-49,51,53-56H2,1-5H3,(H-,60,63,64,65)/p+1/b10-8-,16-14-,21-20-,24-23-,27-26-,44-42+,52-50+. The van der Waals surface area contributed by atoms with E-state index in [0.29, 0.717) is 17.4 Å². The highest BCUT2D eigenvalue weighted by molar-refractivity contribution is 7.47. The number of quaternary nitrogens is 1. The van der Waals surface area contributed by atoms with Gasteiger partial charge in [-0.2, -0.15) is 0 Å². The third-order valence-corrected chi connectivity index (χ3v) is 13.1. The van der Waals surface area contributed by atoms with Crippen molar-refractivity contribution in [2.75, 3.05) is 40.9 Å². The van der Waals surface area contributed by atoms with Crippen molar-refractivity contribution >= 4 is 13.7 Å². The van der Waals surface area contributed by atoms with Gasteiger partial charge in [0.15, 0.2) is 0 Å². The van der Waals surface area contributed by atoms with Crippen molar-refractivity contribution in [3.05, 3.63) is 85.1 Å². The Bertz CT molecular complexity index is 1380. The molecule has 0 saturated heterocycles. The highest BCUT2D eigenvalue weighted by Gasteiger charge is 2.27. The average Bonchev–Trinajstić information content (AvgIpc) is 3.30. The maximum absolute atomic E-state index is 12.9. The molecule has 0 bridgehead atoms. The van der Waals surface area contributed by atoms with Crippen molar-refractivity contribution in [2.24, 2.45) is 0 Å². The number of carbonyl (C=O) groups is 1. The fourth-order valence-electron chi connectivity index (χ4n) is 7.73. The molecule has 68 heavy (non-hydrogen) atoms. The summed E-state index contributed by atoms with van der Waals surface area (Å²) in [5, 5.41) is 13.9. The van der Waals surface area contributed by atoms with Crippen molar-refractivity contribution in [2.45, 2.75) is 244 Å². The van der Waals surface area contributed by atoms with E-state index >= 15 is 0 Å². The van der Waals surface area contributed by atoms with Gasteiger partial charge in [0.25, 0.3) is 0 Å². The topological polar surface area (TPSA) is 105 Å². The first-order valence-electron chi connectivity index (χ1n) is 28.0. The lowest BCUT2D eigenvalue weighted by Crippen LogP contribution is -2.45. The van der Waals surface area contributed by atoms with Crippen LogP contribution in [-0.4, -0.2) is 73.4 Å². The van der Waals surface area contributed by atoms with Gasteiger partial charge in [0.05, 0.1) is 39.9 Å². The van der Waals surface area contributed by atoms with E-state index in [-0.39, 0.29) is 19.1 Å². The van der Waals surface area contributed by atoms with Gasteiger partial charge in [-0.15, -0.1) is 0 Å². The number of hydrogen-bond acceptors (Lipinski definition) is 5. The Labute approximate surface area is 420 Å². The number of allylic oxidation sites excluding steroid dienone is 13. The van der Waals surface area contributed by atoms with Crippen LogP contribution in [0.4, 0.5) is 0 Å². The van der Waals surface area contributed by atoms with Crippen LogP contribution in [0.15, 0.2) is 85.1 Å². The van der Waals surface area contributed by atoms with E-state index in [1.54, 1.807) is 6.08 Å². The van der Waals surface area contributed by atoms with E-state index in [9.17, 15) is 19.4 Å². The van der Waals surface area contributed by atoms with Crippen molar-refractivity contribution < 1.29 is 32.9 Å². The number of nitrogens with zero attached hydrogens (tertiary/aromatic N) is 1. The molecule has 3 N–H and O–H groups in total. The Morgan fingerprint density at radius 1 is 0.515 bits per heavy atom. The number of nitrogens with one attached hydrogen (secondary N) is 1. The van der Waals surface area contributed by atoms with Crippen molar-refractivity contribution in [1.29, 1.82) is 0 Å². The molecule has 0 aliphatic rings. The number of aliphatic hydroxyl groups excluding tert-OH is 1. The summed E-state index contributed by atoms with van der Waals surface area (Å²) < 4.78 is 23.6. The molecule has 0 aliphatic carbocycles. The van der Waals surface area contributed by atoms with Gasteiger partial charge in [-0.3, -0.25) is 13.8 Å². The predicted octanol–water partition coefficient (Wildman–Crippen LogP) is 16.9. The van der Waals surface area contributed by atoms with E-state index in [0.717, 1.165) is 70.6 Å². The van der Waals surface area contributed by atoms with Gasteiger partial charge in [-0.25, -0.2) is 4.57 Å². The van der Waals surface area contributed by atoms with E-state index in [4.69, 9.17) is 9.05 Å². The summed E-state index contributed by atoms with van der Waals surface area (Å²) in [6.45, 7) is 4.67. The number of likely N-dealkylation sites (N-methyl/N-ethyl adjacent to an activating group) is 1. The number of aliphatic hydroxyl groups is 1. The minimum Gasteiger partial charge on any atom is -0.387 e. The molecule has 3 unspecified atom stereocenters. The van der Waals surface area contributed by atoms with Crippen LogP contribution in [-0.2, 0) is 18.4 Å². The minimum atomic E-state index is -4.35. The van der Waals surface area contributed by atoms with Crippen LogP contribution in [0.3, 0.4) is 0 Å². The molecule has 0 fully saturated rings. The molecule has 0 saturated carbocycles. The summed E-state index contributed by atoms with van der Waals surface area (Å²) in [6, 6.07) is -0.865. The van der Waals surface area contributed by atoms with Gasteiger partial charge in [0.1, 0.15) is 13.2 Å². The zero-order valence-corrected chi connectivity index (χ0v) is 45.7. The molecule has 8 nitrogen and oxygen atoms in total. The quantitative estimate of drug-likeness (QED) is 0.0243. The number of rotatable bonds is 50. The maximum atomic E-state index is 12.9. The lowest BCUT2D eigenvalue weighted by molar-refractivity contribution is -0.870. The third kappa shape index (κ3) is 51.5. The number of unbranched alkanes of at least 4 members (excludes halogenated alkanes) is 25. The van der Waals surface area contributed by atoms with Gasteiger partial charge in [0, 0.05) is 6.42 Å². The lowest BCUT2D eigenvalue weighted by Gasteiger charge is -2.25. The number of hydrogen-bond donors (Lipinski definition) is 3. The van der Waals surface area contributed by atoms with Gasteiger partial charge in [0.2, 0.25) is 5.91 Å². The normalized spacial score (nSPS) is 14.6. The molecule has 3 atom stereocenters. The van der Waals surface area contributed by atoms with Crippen LogP contribution < -0.4 is 5.32 Å². The van der Waals surface area contributed by atoms with E-state index < -0.39 is 20.0 Å². The Hall–Kier alpha value is -2.32. The molecule has 1 amide bonds. The molecule has 0 aromatic rings. The Balaban J connectivity index is 4.07. The van der Waals surface area contributed by atoms with Crippen LogP contribution in [0.5, 0.6) is 0 Å². The van der Waals surface area contributed by atoms with Crippen LogP contribution in [0.1, 0.15) is 232 Å². The number of amides is 1. The first-order valence-corrected chi connectivity index (χ1v) is 29.5. The second-order valence-electron chi connectivity index (χ2n) is 19.9. The summed E-state index contributed by atoms with van der Waals surface area (Å²) in [5.74, 6) is -0.189. The Morgan fingerprint density at radius 2 is 0.897 bits per heavy atom. The van der Waals surface area contributed by atoms with Gasteiger partial charge >= 0.3 is 7.82 Å². The van der Waals surface area contributed by atoms with E-state index in [2.05, 4.69) is 92.1 Å². The van der Waals surface area contributed by atoms with E-state index in [1.807, 2.05) is 27.2 Å². The SMILES string of the molecule is CC/C=C\C/C=C\C/C=C\C/C=C\C/C=C\CCCCCCCCCCCCCCCCCCCC(=O)NC(COP(=O)(O)OCC[N+](C)(C)C)C(O)/C=C/CC/C=C/CCCCCCCCC. The smallest absolute Gasteiger partial charge is 0.387 e. The average molecular weight is 972 g/mol. The summed E-state index contributed by atoms with van der Waals surface area (Å²) >= 11 is 0. The second kappa shape index (κ2) is 49.7. The summed E-state index contributed by atoms with van der Waals surface area (Å²) in [7, 11) is 1.55. The Morgan fingerprint density at radius 3 is 1.35 bits per heavy atom. The van der Waals surface area contributed by atoms with E-state index in [1.165, 1.54) is 141 Å². The van der Waals surface area contributed by atoms with Gasteiger partial charge in [-0.1, -0.05) is 234 Å². The van der Waals surface area contributed by atoms with Crippen LogP contribution >= 0.6 is 7.82 Å². The largest absolute Gasteiger partial charge is 0.472 e. The monoisotopic (exact) mass is 972 g/mol. The van der Waals surface area contributed by atoms with Crippen molar-refractivity contribution in [3.8, 4) is 0 Å². The number of phosphoric ester groups is 1. The number of phosphoric acid groups is 1. The first-order chi connectivity index (χ1) is 33.0. The third-order valence-electron chi connectivity index (χ3n) is 12.1. The van der Waals surface area contributed by atoms with Gasteiger partial charge in [-0.05, 0) is 77.0 Å². The molecule has 0 aromatic carbocycles. The Kier molecular flexibility index (Phi) is 48.0. The zero-order valence-electron chi connectivity index (χ0n) is 44.8. The molecule has 0 aliphatic heterocycles. The van der Waals surface area contributed by atoms with Crippen LogP contribution in [0.25, 0.3) is 0 Å². The van der Waals surface area contributed by atoms with Crippen molar-refractivity contribution in [3.63, 3.8) is 0 Å². The van der Waals surface area contributed by atoms with Crippen LogP contribution in [0.2, 0.25) is 0 Å². The predicted molar refractivity (Wildman–Crippen MR) is 295 cm³/mol. The summed E-state index contributed by atoms with van der Waals surface area (Å²) in [6.07, 6.45) is 69.8. The molecule has 9 heteroatoms. The second-order valence-corrected chi connectivity index (χ2v) is 21.4. The van der Waals surface area contributed by atoms with Crippen molar-refractivity contribution in [1.82, 2.24) is 5.32 Å². The molecule has 0 aromatic heterocycles. The van der Waals surface area contributed by atoms with Crippen LogP contribution in [0, 0.1) is 0 Å². The number of carbonyl (C=O) groups excluding carboxylic acids is 1. The summed E-state index contributed by atoms with van der Waals surface area (Å²) in [5.41, 5.74) is 0. The zero-order chi connectivity index (χ0) is 49.9. The fourth-order valence-corrected chi connectivity index (χ4v) is 8.47. The molecular formula is C59H108N2O6P+. The fraction of sp³-hybridized carbons (Fsp3) is 0.746. The lowest BCUT2D eigenvalue weighted by atomic mass is 10.0. The maximum Gasteiger partial charge on any atom is 0.472 e. The molecule has 394 valence electrons. The summed E-state index contributed by atoms with van der Waals surface area (Å²) in [4.78, 5) is 23.2. The molecule has 0 heterocycles. The van der Waals surface area contributed by atoms with Gasteiger partial charge < -0.3 is 19.8 Å². The molecule has 0 radical (unpaired) electrons. The highest BCUT2D eigenvalue weighted by Crippen LogP contribution is 2.43. The molecular weight excluding hydrogens is 864 g/mol. The highest BCUT2D eigenvalue weighted by atomic mass is 31.2. The molecule has 0 spiro atoms. The first kappa shape index (κ1) is 65.7.